The van der Waals surface area contributed by atoms with E-state index in [1.807, 2.05) is 25.1 Å². The van der Waals surface area contributed by atoms with Gasteiger partial charge in [0.05, 0.1) is 11.9 Å². The van der Waals surface area contributed by atoms with Crippen LogP contribution in [0.5, 0.6) is 0 Å². The van der Waals surface area contributed by atoms with Gasteiger partial charge in [0.25, 0.3) is 0 Å². The van der Waals surface area contributed by atoms with E-state index in [1.165, 1.54) is 14.1 Å². The molecule has 0 spiro atoms. The number of rotatable bonds is 5. The maximum Gasteiger partial charge on any atom is 0.302 e. The summed E-state index contributed by atoms with van der Waals surface area (Å²) in [6, 6.07) is 8.88. The Bertz CT molecular complexity index is 761. The van der Waals surface area contributed by atoms with Crippen molar-refractivity contribution in [2.24, 2.45) is 0 Å². The van der Waals surface area contributed by atoms with Crippen LogP contribution in [0.25, 0.3) is 0 Å². The van der Waals surface area contributed by atoms with Crippen LogP contribution in [-0.2, 0) is 10.2 Å². The summed E-state index contributed by atoms with van der Waals surface area (Å²) in [5.74, 6) is 0.252. The van der Waals surface area contributed by atoms with E-state index in [4.69, 9.17) is 11.6 Å². The zero-order chi connectivity index (χ0) is 16.3. The average molecular weight is 341 g/mol. The van der Waals surface area contributed by atoms with E-state index >= 15 is 0 Å². The number of aryl methyl sites for hydroxylation is 1. The minimum Gasteiger partial charge on any atom is -0.354 e. The minimum atomic E-state index is -3.55. The number of halogens is 1. The van der Waals surface area contributed by atoms with Crippen LogP contribution in [0.1, 0.15) is 5.56 Å². The molecule has 1 aromatic heterocycles. The monoisotopic (exact) mass is 340 g/mol. The average Bonchev–Trinajstić information content (AvgIpc) is 2.44. The Hall–Kier alpha value is -1.83. The molecule has 6 nitrogen and oxygen atoms in total. The highest BCUT2D eigenvalue weighted by molar-refractivity contribution is 7.90. The Morgan fingerprint density at radius 3 is 2.50 bits per heavy atom. The van der Waals surface area contributed by atoms with Crippen LogP contribution in [0, 0.1) is 6.92 Å². The van der Waals surface area contributed by atoms with E-state index < -0.39 is 10.2 Å². The zero-order valence-electron chi connectivity index (χ0n) is 12.5. The third-order valence-electron chi connectivity index (χ3n) is 2.96. The Labute approximate surface area is 135 Å². The highest BCUT2D eigenvalue weighted by atomic mass is 35.5. The molecule has 2 rings (SSSR count). The molecular weight excluding hydrogens is 324 g/mol. The van der Waals surface area contributed by atoms with Gasteiger partial charge in [-0.05, 0) is 36.8 Å². The van der Waals surface area contributed by atoms with Gasteiger partial charge in [0.15, 0.2) is 0 Å². The Balaban J connectivity index is 2.14. The largest absolute Gasteiger partial charge is 0.354 e. The first kappa shape index (κ1) is 16.5. The van der Waals surface area contributed by atoms with Gasteiger partial charge in [-0.2, -0.15) is 12.7 Å². The van der Waals surface area contributed by atoms with E-state index in [0.29, 0.717) is 5.02 Å². The van der Waals surface area contributed by atoms with Crippen LogP contribution in [0.3, 0.4) is 0 Å². The summed E-state index contributed by atoms with van der Waals surface area (Å²) >= 11 is 5.97. The van der Waals surface area contributed by atoms with Crippen LogP contribution in [0.2, 0.25) is 5.02 Å². The SMILES string of the molecule is Cc1ccc(Cl)cc1Nc1ccc(NS(=O)(=O)N(C)C)nc1. The number of benzene rings is 1. The van der Waals surface area contributed by atoms with Crippen molar-refractivity contribution in [3.8, 4) is 0 Å². The molecule has 0 aliphatic heterocycles. The van der Waals surface area contributed by atoms with Gasteiger partial charge >= 0.3 is 10.2 Å². The van der Waals surface area contributed by atoms with Crippen LogP contribution in [-0.4, -0.2) is 31.8 Å². The first-order valence-corrected chi connectivity index (χ1v) is 8.29. The van der Waals surface area contributed by atoms with Gasteiger partial charge < -0.3 is 5.32 Å². The van der Waals surface area contributed by atoms with Crippen molar-refractivity contribution < 1.29 is 8.42 Å². The molecule has 0 saturated carbocycles. The van der Waals surface area contributed by atoms with Gasteiger partial charge in [-0.15, -0.1) is 0 Å². The lowest BCUT2D eigenvalue weighted by molar-refractivity contribution is 0.526. The normalized spacial score (nSPS) is 11.5. The molecule has 118 valence electrons. The fourth-order valence-electron chi connectivity index (χ4n) is 1.64. The maximum atomic E-state index is 11.7. The topological polar surface area (TPSA) is 74.3 Å². The molecule has 0 amide bonds. The molecule has 2 aromatic rings. The van der Waals surface area contributed by atoms with Gasteiger partial charge in [0.1, 0.15) is 5.82 Å². The summed E-state index contributed by atoms with van der Waals surface area (Å²) in [6.45, 7) is 1.96. The number of nitrogens with zero attached hydrogens (tertiary/aromatic N) is 2. The molecule has 1 heterocycles. The van der Waals surface area contributed by atoms with E-state index in [-0.39, 0.29) is 5.82 Å². The van der Waals surface area contributed by atoms with E-state index in [0.717, 1.165) is 21.2 Å². The number of anilines is 3. The summed E-state index contributed by atoms with van der Waals surface area (Å²) in [5.41, 5.74) is 2.65. The zero-order valence-corrected chi connectivity index (χ0v) is 14.0. The number of pyridine rings is 1. The lowest BCUT2D eigenvalue weighted by Gasteiger charge is -2.13. The highest BCUT2D eigenvalue weighted by Gasteiger charge is 2.13. The second kappa shape index (κ2) is 6.51. The van der Waals surface area contributed by atoms with Gasteiger partial charge in [-0.25, -0.2) is 4.98 Å². The molecule has 0 bridgehead atoms. The lowest BCUT2D eigenvalue weighted by atomic mass is 10.2. The first-order valence-electron chi connectivity index (χ1n) is 6.47. The Morgan fingerprint density at radius 1 is 1.18 bits per heavy atom. The molecule has 0 atom stereocenters. The molecule has 8 heteroatoms. The van der Waals surface area contributed by atoms with Crippen molar-refractivity contribution in [1.82, 2.24) is 9.29 Å². The third-order valence-corrected chi connectivity index (χ3v) is 4.62. The second-order valence-electron chi connectivity index (χ2n) is 4.91. The molecule has 2 N–H and O–H groups in total. The van der Waals surface area contributed by atoms with Gasteiger partial charge in [0, 0.05) is 24.8 Å². The van der Waals surface area contributed by atoms with Crippen LogP contribution in [0.15, 0.2) is 36.5 Å². The first-order chi connectivity index (χ1) is 10.3. The van der Waals surface area contributed by atoms with Crippen molar-refractivity contribution in [1.29, 1.82) is 0 Å². The smallest absolute Gasteiger partial charge is 0.302 e. The molecule has 0 saturated heterocycles. The second-order valence-corrected chi connectivity index (χ2v) is 7.23. The van der Waals surface area contributed by atoms with Crippen molar-refractivity contribution >= 4 is 39.0 Å². The molecule has 0 radical (unpaired) electrons. The summed E-state index contributed by atoms with van der Waals surface area (Å²) in [7, 11) is -0.663. The van der Waals surface area contributed by atoms with Gasteiger partial charge in [0.2, 0.25) is 0 Å². The number of aromatic nitrogens is 1. The van der Waals surface area contributed by atoms with Crippen LogP contribution in [0.4, 0.5) is 17.2 Å². The van der Waals surface area contributed by atoms with Crippen LogP contribution < -0.4 is 10.0 Å². The predicted octanol–water partition coefficient (Wildman–Crippen LogP) is 3.01. The summed E-state index contributed by atoms with van der Waals surface area (Å²) in [4.78, 5) is 4.08. The van der Waals surface area contributed by atoms with Crippen molar-refractivity contribution in [3.05, 3.63) is 47.1 Å². The summed E-state index contributed by atoms with van der Waals surface area (Å²) in [5, 5.41) is 3.83. The predicted molar refractivity (Wildman–Crippen MR) is 89.9 cm³/mol. The number of nitrogens with one attached hydrogen (secondary N) is 2. The fourth-order valence-corrected chi connectivity index (χ4v) is 2.38. The Morgan fingerprint density at radius 2 is 1.91 bits per heavy atom. The maximum absolute atomic E-state index is 11.7. The minimum absolute atomic E-state index is 0.252. The van der Waals surface area contributed by atoms with E-state index in [2.05, 4.69) is 15.0 Å². The standard InChI is InChI=1S/C14H17ClN4O2S/c1-10-4-5-11(15)8-13(10)17-12-6-7-14(16-9-12)18-22(20,21)19(2)3/h4-9,17H,1-3H3,(H,16,18). The molecule has 0 aliphatic rings. The lowest BCUT2D eigenvalue weighted by Crippen LogP contribution is -2.29. The van der Waals surface area contributed by atoms with Crippen molar-refractivity contribution in [2.45, 2.75) is 6.92 Å². The number of hydrogen-bond donors (Lipinski definition) is 2. The Kier molecular flexibility index (Phi) is 4.90. The fraction of sp³-hybridized carbons (Fsp3) is 0.214. The summed E-state index contributed by atoms with van der Waals surface area (Å²) < 4.78 is 26.9. The molecule has 0 aliphatic carbocycles. The molecular formula is C14H17ClN4O2S. The molecule has 0 unspecified atom stereocenters. The molecule has 22 heavy (non-hydrogen) atoms. The van der Waals surface area contributed by atoms with Gasteiger partial charge in [-0.1, -0.05) is 17.7 Å². The van der Waals surface area contributed by atoms with Crippen LogP contribution >= 0.6 is 11.6 Å². The third kappa shape index (κ3) is 4.09. The summed E-state index contributed by atoms with van der Waals surface area (Å²) in [6.07, 6.45) is 1.55. The highest BCUT2D eigenvalue weighted by Crippen LogP contribution is 2.24. The quantitative estimate of drug-likeness (QED) is 0.877. The van der Waals surface area contributed by atoms with E-state index in [9.17, 15) is 8.42 Å². The number of hydrogen-bond acceptors (Lipinski definition) is 4. The molecule has 1 aromatic carbocycles. The van der Waals surface area contributed by atoms with E-state index in [1.54, 1.807) is 18.3 Å². The molecule has 0 fully saturated rings. The van der Waals surface area contributed by atoms with Crippen molar-refractivity contribution in [2.75, 3.05) is 24.1 Å². The van der Waals surface area contributed by atoms with Crippen molar-refractivity contribution in [3.63, 3.8) is 0 Å². The van der Waals surface area contributed by atoms with Gasteiger partial charge in [-0.3, -0.25) is 4.72 Å².